The van der Waals surface area contributed by atoms with E-state index in [9.17, 15) is 4.79 Å². The summed E-state index contributed by atoms with van der Waals surface area (Å²) in [5.74, 6) is 0.950. The minimum absolute atomic E-state index is 0.303. The minimum Gasteiger partial charge on any atom is -0.340 e. The molecule has 2 heterocycles. The largest absolute Gasteiger partial charge is 0.340 e. The molecule has 0 aromatic carbocycles. The lowest BCUT2D eigenvalue weighted by molar-refractivity contribution is 0.111. The highest BCUT2D eigenvalue weighted by atomic mass is 16.1. The molecule has 0 unspecified atom stereocenters. The van der Waals surface area contributed by atoms with E-state index >= 15 is 0 Å². The Labute approximate surface area is 69.8 Å². The van der Waals surface area contributed by atoms with Crippen LogP contribution in [0.5, 0.6) is 0 Å². The molecule has 0 radical (unpaired) electrons. The van der Waals surface area contributed by atoms with Crippen molar-refractivity contribution in [3.05, 3.63) is 5.82 Å². The van der Waals surface area contributed by atoms with Gasteiger partial charge in [-0.25, -0.2) is 0 Å². The summed E-state index contributed by atoms with van der Waals surface area (Å²) < 4.78 is 0. The normalized spacial score (nSPS) is 16.8. The second-order valence-corrected chi connectivity index (χ2v) is 2.83. The summed E-state index contributed by atoms with van der Waals surface area (Å²) in [6, 6.07) is 0. The first-order valence-corrected chi connectivity index (χ1v) is 4.02. The van der Waals surface area contributed by atoms with Crippen molar-refractivity contribution in [2.24, 2.45) is 0 Å². The van der Waals surface area contributed by atoms with Crippen LogP contribution in [0.15, 0.2) is 0 Å². The lowest BCUT2D eigenvalue weighted by Crippen LogP contribution is -2.18. The van der Waals surface area contributed by atoms with Crippen LogP contribution in [0.25, 0.3) is 0 Å². The van der Waals surface area contributed by atoms with Crippen LogP contribution in [0.3, 0.4) is 0 Å². The van der Waals surface area contributed by atoms with E-state index in [4.69, 9.17) is 0 Å². The van der Waals surface area contributed by atoms with Gasteiger partial charge in [-0.3, -0.25) is 9.89 Å². The van der Waals surface area contributed by atoms with Gasteiger partial charge in [0.1, 0.15) is 0 Å². The third-order valence-corrected chi connectivity index (χ3v) is 1.99. The molecule has 0 amide bonds. The highest BCUT2D eigenvalue weighted by Crippen LogP contribution is 2.14. The van der Waals surface area contributed by atoms with Crippen molar-refractivity contribution in [1.82, 2.24) is 15.2 Å². The van der Waals surface area contributed by atoms with E-state index in [-0.39, 0.29) is 0 Å². The summed E-state index contributed by atoms with van der Waals surface area (Å²) in [4.78, 5) is 16.4. The Hall–Kier alpha value is -1.39. The zero-order valence-corrected chi connectivity index (χ0v) is 6.66. The van der Waals surface area contributed by atoms with Crippen LogP contribution >= 0.6 is 0 Å². The highest BCUT2D eigenvalue weighted by molar-refractivity contribution is 5.69. The van der Waals surface area contributed by atoms with Gasteiger partial charge >= 0.3 is 0 Å². The molecule has 1 aromatic rings. The molecule has 2 rings (SSSR count). The topological polar surface area (TPSA) is 61.9 Å². The van der Waals surface area contributed by atoms with Gasteiger partial charge in [0, 0.05) is 13.1 Å². The van der Waals surface area contributed by atoms with Gasteiger partial charge in [-0.2, -0.15) is 4.98 Å². The lowest BCUT2D eigenvalue weighted by Gasteiger charge is -2.10. The SMILES string of the molecule is O=Cc1nc(N2CCCC2)n[nH]1. The maximum absolute atomic E-state index is 10.3. The summed E-state index contributed by atoms with van der Waals surface area (Å²) in [6.07, 6.45) is 3.04. The Kier molecular flexibility index (Phi) is 1.77. The molecule has 64 valence electrons. The van der Waals surface area contributed by atoms with E-state index in [1.807, 2.05) is 0 Å². The summed E-state index contributed by atoms with van der Waals surface area (Å²) in [5, 5.41) is 6.49. The van der Waals surface area contributed by atoms with Crippen LogP contribution in [0.4, 0.5) is 5.95 Å². The van der Waals surface area contributed by atoms with Crippen LogP contribution in [-0.4, -0.2) is 34.6 Å². The molecule has 0 spiro atoms. The molecule has 1 aromatic heterocycles. The number of carbonyl (C=O) groups excluding carboxylic acids is 1. The Morgan fingerprint density at radius 2 is 2.17 bits per heavy atom. The van der Waals surface area contributed by atoms with Crippen molar-refractivity contribution in [2.75, 3.05) is 18.0 Å². The summed E-state index contributed by atoms with van der Waals surface area (Å²) in [5.41, 5.74) is 0. The van der Waals surface area contributed by atoms with Crippen molar-refractivity contribution in [2.45, 2.75) is 12.8 Å². The Balaban J connectivity index is 2.16. The van der Waals surface area contributed by atoms with Gasteiger partial charge in [0.2, 0.25) is 5.95 Å². The van der Waals surface area contributed by atoms with E-state index in [1.54, 1.807) is 0 Å². The molecule has 5 heteroatoms. The number of aldehydes is 1. The van der Waals surface area contributed by atoms with Crippen molar-refractivity contribution in [3.63, 3.8) is 0 Å². The van der Waals surface area contributed by atoms with Gasteiger partial charge in [0.25, 0.3) is 0 Å². The Bertz CT molecular complexity index is 277. The fraction of sp³-hybridized carbons (Fsp3) is 0.571. The monoisotopic (exact) mass is 166 g/mol. The smallest absolute Gasteiger partial charge is 0.245 e. The van der Waals surface area contributed by atoms with E-state index in [2.05, 4.69) is 20.1 Å². The zero-order chi connectivity index (χ0) is 8.39. The average Bonchev–Trinajstić information content (AvgIpc) is 2.75. The third kappa shape index (κ3) is 1.17. The molecule has 1 aliphatic heterocycles. The van der Waals surface area contributed by atoms with Gasteiger partial charge in [-0.05, 0) is 12.8 Å². The fourth-order valence-electron chi connectivity index (χ4n) is 1.38. The van der Waals surface area contributed by atoms with E-state index in [0.29, 0.717) is 18.1 Å². The molecule has 5 nitrogen and oxygen atoms in total. The fourth-order valence-corrected chi connectivity index (χ4v) is 1.38. The summed E-state index contributed by atoms with van der Waals surface area (Å²) >= 11 is 0. The van der Waals surface area contributed by atoms with E-state index in [0.717, 1.165) is 13.1 Å². The molecule has 1 fully saturated rings. The number of anilines is 1. The highest BCUT2D eigenvalue weighted by Gasteiger charge is 2.15. The number of nitrogens with zero attached hydrogens (tertiary/aromatic N) is 3. The minimum atomic E-state index is 0.303. The predicted molar refractivity (Wildman–Crippen MR) is 43.2 cm³/mol. The number of aromatic nitrogens is 3. The van der Waals surface area contributed by atoms with Gasteiger partial charge in [0.05, 0.1) is 0 Å². The van der Waals surface area contributed by atoms with Gasteiger partial charge in [-0.15, -0.1) is 5.10 Å². The molecule has 1 N–H and O–H groups in total. The Morgan fingerprint density at radius 3 is 2.75 bits per heavy atom. The van der Waals surface area contributed by atoms with Crippen molar-refractivity contribution in [1.29, 1.82) is 0 Å². The molecular weight excluding hydrogens is 156 g/mol. The number of H-pyrrole nitrogens is 1. The van der Waals surface area contributed by atoms with Crippen LogP contribution in [0, 0.1) is 0 Å². The van der Waals surface area contributed by atoms with Gasteiger partial charge in [0.15, 0.2) is 12.1 Å². The average molecular weight is 166 g/mol. The predicted octanol–water partition coefficient (Wildman–Crippen LogP) is 0.217. The first-order chi connectivity index (χ1) is 5.90. The van der Waals surface area contributed by atoms with Crippen LogP contribution in [0.2, 0.25) is 0 Å². The molecule has 12 heavy (non-hydrogen) atoms. The quantitative estimate of drug-likeness (QED) is 0.638. The third-order valence-electron chi connectivity index (χ3n) is 1.99. The maximum Gasteiger partial charge on any atom is 0.245 e. The molecule has 0 atom stereocenters. The first kappa shape index (κ1) is 7.27. The molecular formula is C7H10N4O. The second kappa shape index (κ2) is 2.92. The van der Waals surface area contributed by atoms with Gasteiger partial charge in [-0.1, -0.05) is 0 Å². The number of hydrogen-bond acceptors (Lipinski definition) is 4. The van der Waals surface area contributed by atoms with Crippen molar-refractivity contribution < 1.29 is 4.79 Å². The molecule has 0 bridgehead atoms. The van der Waals surface area contributed by atoms with Crippen LogP contribution < -0.4 is 4.90 Å². The molecule has 1 aliphatic rings. The van der Waals surface area contributed by atoms with Crippen molar-refractivity contribution >= 4 is 12.2 Å². The van der Waals surface area contributed by atoms with Gasteiger partial charge < -0.3 is 4.90 Å². The summed E-state index contributed by atoms with van der Waals surface area (Å²) in [6.45, 7) is 1.99. The Morgan fingerprint density at radius 1 is 1.42 bits per heavy atom. The van der Waals surface area contributed by atoms with E-state index < -0.39 is 0 Å². The zero-order valence-electron chi connectivity index (χ0n) is 6.66. The number of rotatable bonds is 2. The number of hydrogen-bond donors (Lipinski definition) is 1. The molecule has 1 saturated heterocycles. The van der Waals surface area contributed by atoms with Crippen LogP contribution in [0.1, 0.15) is 23.5 Å². The maximum atomic E-state index is 10.3. The van der Waals surface area contributed by atoms with Crippen molar-refractivity contribution in [3.8, 4) is 0 Å². The van der Waals surface area contributed by atoms with Crippen LogP contribution in [-0.2, 0) is 0 Å². The lowest BCUT2D eigenvalue weighted by atomic mass is 10.4. The number of aromatic amines is 1. The first-order valence-electron chi connectivity index (χ1n) is 4.02. The number of carbonyl (C=O) groups is 1. The second-order valence-electron chi connectivity index (χ2n) is 2.83. The van der Waals surface area contributed by atoms with E-state index in [1.165, 1.54) is 12.8 Å². The molecule has 0 aliphatic carbocycles. The standard InChI is InChI=1S/C7H10N4O/c12-5-6-8-7(10-9-6)11-3-1-2-4-11/h5H,1-4H2,(H,8,9,10). The number of nitrogens with one attached hydrogen (secondary N) is 1. The molecule has 0 saturated carbocycles. The summed E-state index contributed by atoms with van der Waals surface area (Å²) in [7, 11) is 0.